The van der Waals surface area contributed by atoms with Gasteiger partial charge in [-0.3, -0.25) is 0 Å². The molecule has 7 rings (SSSR count). The third-order valence-corrected chi connectivity index (χ3v) is 8.32. The number of hydrogen-bond acceptors (Lipinski definition) is 0. The maximum atomic E-state index is 9.62. The molecule has 2 nitrogen and oxygen atoms in total. The van der Waals surface area contributed by atoms with Crippen LogP contribution in [-0.4, -0.2) is 9.13 Å². The fourth-order valence-electron chi connectivity index (χ4n) is 5.82. The van der Waals surface area contributed by atoms with Gasteiger partial charge in [-0.1, -0.05) is 131 Å². The maximum Gasteiger partial charge on any atom is 0.0826 e. The summed E-state index contributed by atoms with van der Waals surface area (Å²) in [5.74, 6) is 0. The van der Waals surface area contributed by atoms with Gasteiger partial charge in [0.1, 0.15) is 0 Å². The highest BCUT2D eigenvalue weighted by Crippen LogP contribution is 2.40. The topological polar surface area (TPSA) is 9.86 Å². The van der Waals surface area contributed by atoms with Crippen molar-refractivity contribution in [3.05, 3.63) is 168 Å². The van der Waals surface area contributed by atoms with Gasteiger partial charge < -0.3 is 9.13 Å². The minimum atomic E-state index is -0.844. The number of hydrogen-bond donors (Lipinski definition) is 0. The molecule has 0 N–H and O–H groups in total. The fraction of sp³-hybridized carbons (Fsp3) is 0.150. The van der Waals surface area contributed by atoms with Crippen molar-refractivity contribution in [3.63, 3.8) is 0 Å². The lowest BCUT2D eigenvalue weighted by atomic mass is 9.78. The van der Waals surface area contributed by atoms with Crippen molar-refractivity contribution in [2.45, 2.75) is 38.5 Å². The van der Waals surface area contributed by atoms with Crippen molar-refractivity contribution >= 4 is 21.8 Å². The first-order valence-electron chi connectivity index (χ1n) is 19.0. The molecule has 42 heavy (non-hydrogen) atoms. The van der Waals surface area contributed by atoms with Crippen molar-refractivity contribution in [1.82, 2.24) is 9.13 Å². The zero-order valence-electron chi connectivity index (χ0n) is 34.0. The monoisotopic (exact) mass is 554 g/mol. The summed E-state index contributed by atoms with van der Waals surface area (Å²) in [5, 5.41) is 0.479. The second-order valence-corrected chi connectivity index (χ2v) is 11.6. The first-order valence-corrected chi connectivity index (χ1v) is 14.0. The summed E-state index contributed by atoms with van der Waals surface area (Å²) in [6.45, 7) is 7.72. The van der Waals surface area contributed by atoms with Crippen LogP contribution in [0.2, 0.25) is 0 Å². The van der Waals surface area contributed by atoms with Crippen LogP contribution in [0.25, 0.3) is 33.2 Å². The van der Waals surface area contributed by atoms with Crippen molar-refractivity contribution < 1.29 is 13.7 Å². The average Bonchev–Trinajstić information content (AvgIpc) is 3.64. The molecule has 0 spiro atoms. The van der Waals surface area contributed by atoms with Crippen LogP contribution in [0, 0.1) is 0 Å². The van der Waals surface area contributed by atoms with Gasteiger partial charge in [-0.2, -0.15) is 0 Å². The molecule has 206 valence electrons. The van der Waals surface area contributed by atoms with Crippen molar-refractivity contribution in [2.24, 2.45) is 0 Å². The highest BCUT2D eigenvalue weighted by molar-refractivity contribution is 5.89. The minimum Gasteiger partial charge on any atom is -0.316 e. The smallest absolute Gasteiger partial charge is 0.0826 e. The van der Waals surface area contributed by atoms with Crippen molar-refractivity contribution in [3.8, 4) is 11.4 Å². The van der Waals surface area contributed by atoms with E-state index in [1.54, 1.807) is 24.3 Å². The first kappa shape index (κ1) is 17.2. The van der Waals surface area contributed by atoms with E-state index in [1.807, 2.05) is 88.4 Å². The molecule has 2 aromatic heterocycles. The number of fused-ring (bicyclic) bond motifs is 2. The molecular formula is C40H36N2. The van der Waals surface area contributed by atoms with Crippen LogP contribution in [0.3, 0.4) is 0 Å². The molecule has 0 aliphatic heterocycles. The number of benzene rings is 5. The first-order chi connectivity index (χ1) is 24.5. The van der Waals surface area contributed by atoms with E-state index < -0.39 is 35.0 Å². The Kier molecular flexibility index (Phi) is 4.07. The highest BCUT2D eigenvalue weighted by Gasteiger charge is 2.29. The van der Waals surface area contributed by atoms with E-state index in [0.29, 0.717) is 22.5 Å². The zero-order chi connectivity index (χ0) is 37.6. The number of aromatic nitrogens is 2. The van der Waals surface area contributed by atoms with E-state index in [9.17, 15) is 2.74 Å². The molecule has 0 fully saturated rings. The van der Waals surface area contributed by atoms with E-state index in [0.717, 1.165) is 11.1 Å². The Morgan fingerprint density at radius 1 is 0.500 bits per heavy atom. The molecule has 0 saturated heterocycles. The van der Waals surface area contributed by atoms with Crippen LogP contribution >= 0.6 is 0 Å². The molecule has 0 bridgehead atoms. The Bertz CT molecular complexity index is 2390. The van der Waals surface area contributed by atoms with E-state index >= 15 is 0 Å². The van der Waals surface area contributed by atoms with Gasteiger partial charge in [0.15, 0.2) is 0 Å². The van der Waals surface area contributed by atoms with Gasteiger partial charge in [0.25, 0.3) is 0 Å². The Morgan fingerprint density at radius 3 is 1.33 bits per heavy atom. The van der Waals surface area contributed by atoms with Crippen LogP contribution in [0.4, 0.5) is 0 Å². The second-order valence-electron chi connectivity index (χ2n) is 11.6. The van der Waals surface area contributed by atoms with E-state index in [4.69, 9.17) is 11.0 Å². The number of para-hydroxylation sites is 2. The average molecular weight is 555 g/mol. The molecule has 0 aliphatic carbocycles. The third-order valence-electron chi connectivity index (χ3n) is 8.32. The standard InChI is InChI=1S/C40H36N2/c1-39(2,29-16-7-5-8-17-29)35-27-41(37-24-13-11-22-33(35)37)31-20-15-21-32(26-31)42-28-36(34-23-12-14-25-38(34)42)40(3,4)30-18-9-6-10-19-30/h5-28H,1-4H3/i11D,12D,13D,14D,22D,23D,24D,25D,27D,28D. The second kappa shape index (κ2) is 9.92. The van der Waals surface area contributed by atoms with Crippen molar-refractivity contribution in [2.75, 3.05) is 0 Å². The Hall–Kier alpha value is -4.82. The lowest BCUT2D eigenvalue weighted by molar-refractivity contribution is 0.645. The van der Waals surface area contributed by atoms with Crippen LogP contribution in [-0.2, 0) is 10.8 Å². The fourth-order valence-corrected chi connectivity index (χ4v) is 5.82. The summed E-state index contributed by atoms with van der Waals surface area (Å²) in [7, 11) is 0. The molecule has 0 atom stereocenters. The molecule has 0 aliphatic rings. The molecular weight excluding hydrogens is 508 g/mol. The van der Waals surface area contributed by atoms with E-state index in [2.05, 4.69) is 0 Å². The van der Waals surface area contributed by atoms with E-state index in [1.165, 1.54) is 9.13 Å². The quantitative estimate of drug-likeness (QED) is 0.193. The van der Waals surface area contributed by atoms with Crippen LogP contribution < -0.4 is 0 Å². The van der Waals surface area contributed by atoms with Gasteiger partial charge in [0, 0.05) is 45.3 Å². The number of nitrogens with zero attached hydrogens (tertiary/aromatic N) is 2. The van der Waals surface area contributed by atoms with Gasteiger partial charge in [0.2, 0.25) is 0 Å². The summed E-state index contributed by atoms with van der Waals surface area (Å²) in [6.07, 6.45) is -0.0476. The zero-order valence-corrected chi connectivity index (χ0v) is 24.0. The molecule has 2 heteroatoms. The summed E-state index contributed by atoms with van der Waals surface area (Å²) in [5.41, 5.74) is 1.96. The molecule has 0 unspecified atom stereocenters. The van der Waals surface area contributed by atoms with Crippen molar-refractivity contribution in [1.29, 1.82) is 0 Å². The summed E-state index contributed by atoms with van der Waals surface area (Å²) in [6, 6.07) is 23.2. The Labute approximate surface area is 262 Å². The molecule has 0 saturated carbocycles. The molecule has 7 aromatic rings. The molecule has 5 aromatic carbocycles. The predicted molar refractivity (Wildman–Crippen MR) is 177 cm³/mol. The maximum absolute atomic E-state index is 9.62. The van der Waals surface area contributed by atoms with Gasteiger partial charge in [-0.05, 0) is 52.5 Å². The number of rotatable bonds is 6. The predicted octanol–water partition coefficient (Wildman–Crippen LogP) is 10.2. The normalized spacial score (nSPS) is 15.6. The van der Waals surface area contributed by atoms with Gasteiger partial charge in [0.05, 0.1) is 24.7 Å². The molecule has 2 heterocycles. The van der Waals surface area contributed by atoms with E-state index in [-0.39, 0.29) is 58.3 Å². The summed E-state index contributed by atoms with van der Waals surface area (Å²) < 4.78 is 92.5. The van der Waals surface area contributed by atoms with Crippen LogP contribution in [0.15, 0.2) is 146 Å². The van der Waals surface area contributed by atoms with Crippen LogP contribution in [0.1, 0.15) is 63.7 Å². The Morgan fingerprint density at radius 2 is 0.905 bits per heavy atom. The highest BCUT2D eigenvalue weighted by atomic mass is 15.0. The molecule has 0 amide bonds. The summed E-state index contributed by atoms with van der Waals surface area (Å²) >= 11 is 0. The summed E-state index contributed by atoms with van der Waals surface area (Å²) in [4.78, 5) is 0. The Balaban J connectivity index is 1.57. The third kappa shape index (κ3) is 4.18. The largest absolute Gasteiger partial charge is 0.316 e. The van der Waals surface area contributed by atoms with Crippen LogP contribution in [0.5, 0.6) is 0 Å². The van der Waals surface area contributed by atoms with Gasteiger partial charge in [-0.25, -0.2) is 0 Å². The molecule has 0 radical (unpaired) electrons. The minimum absolute atomic E-state index is 0.0238. The SMILES string of the molecule is [2H]c1c([2H])c([2H])c2c(c1[2H])c(C(C)(C)c1ccccc1)c([2H])n2-c1cccc(-n2c([2H])c(C(C)(C)c3ccccc3)c3c([2H])c([2H])c([2H])c([2H])c32)c1. The lowest BCUT2D eigenvalue weighted by Gasteiger charge is -2.25. The van der Waals surface area contributed by atoms with Gasteiger partial charge in [-0.15, -0.1) is 0 Å². The van der Waals surface area contributed by atoms with Gasteiger partial charge >= 0.3 is 0 Å². The lowest BCUT2D eigenvalue weighted by Crippen LogP contribution is -2.18.